The summed E-state index contributed by atoms with van der Waals surface area (Å²) in [6, 6.07) is 0. The van der Waals surface area contributed by atoms with Gasteiger partial charge in [-0.25, -0.2) is 4.79 Å². The number of aryl methyl sites for hydroxylation is 1. The van der Waals surface area contributed by atoms with E-state index in [-0.39, 0.29) is 5.69 Å². The predicted molar refractivity (Wildman–Crippen MR) is 62.1 cm³/mol. The SMILES string of the molecule is CCCCCn1cc(N)c(C(=O)OCC)n1. The van der Waals surface area contributed by atoms with Crippen molar-refractivity contribution < 1.29 is 9.53 Å². The van der Waals surface area contributed by atoms with Crippen molar-refractivity contribution in [2.45, 2.75) is 39.7 Å². The number of nitrogen functional groups attached to an aromatic ring is 1. The van der Waals surface area contributed by atoms with E-state index in [4.69, 9.17) is 10.5 Å². The van der Waals surface area contributed by atoms with Gasteiger partial charge in [-0.15, -0.1) is 0 Å². The lowest BCUT2D eigenvalue weighted by atomic mass is 10.2. The molecule has 5 heteroatoms. The highest BCUT2D eigenvalue weighted by Crippen LogP contribution is 2.11. The van der Waals surface area contributed by atoms with E-state index in [1.165, 1.54) is 0 Å². The van der Waals surface area contributed by atoms with Crippen LogP contribution in [0.5, 0.6) is 0 Å². The first-order valence-corrected chi connectivity index (χ1v) is 5.69. The van der Waals surface area contributed by atoms with Gasteiger partial charge in [-0.2, -0.15) is 5.10 Å². The molecule has 0 saturated heterocycles. The van der Waals surface area contributed by atoms with Crippen LogP contribution in [0.25, 0.3) is 0 Å². The third-order valence-corrected chi connectivity index (χ3v) is 2.25. The second-order valence-electron chi connectivity index (χ2n) is 3.62. The number of ether oxygens (including phenoxy) is 1. The first-order chi connectivity index (χ1) is 7.69. The molecule has 16 heavy (non-hydrogen) atoms. The average Bonchev–Trinajstić information content (AvgIpc) is 2.61. The molecule has 0 aliphatic carbocycles. The van der Waals surface area contributed by atoms with Crippen molar-refractivity contribution in [2.24, 2.45) is 0 Å². The summed E-state index contributed by atoms with van der Waals surface area (Å²) in [5.41, 5.74) is 6.30. The summed E-state index contributed by atoms with van der Waals surface area (Å²) in [7, 11) is 0. The fourth-order valence-corrected chi connectivity index (χ4v) is 1.43. The van der Waals surface area contributed by atoms with Crippen LogP contribution in [0.4, 0.5) is 5.69 Å². The number of aromatic nitrogens is 2. The average molecular weight is 225 g/mol. The predicted octanol–water partition coefficient (Wildman–Crippen LogP) is 1.83. The van der Waals surface area contributed by atoms with Gasteiger partial charge in [0.15, 0.2) is 5.69 Å². The quantitative estimate of drug-likeness (QED) is 0.592. The van der Waals surface area contributed by atoms with Gasteiger partial charge in [0.05, 0.1) is 12.3 Å². The Balaban J connectivity index is 2.62. The molecule has 0 unspecified atom stereocenters. The minimum absolute atomic E-state index is 0.221. The minimum Gasteiger partial charge on any atom is -0.461 e. The van der Waals surface area contributed by atoms with Crippen molar-refractivity contribution in [2.75, 3.05) is 12.3 Å². The Morgan fingerprint density at radius 2 is 2.25 bits per heavy atom. The van der Waals surface area contributed by atoms with Gasteiger partial charge in [-0.05, 0) is 13.3 Å². The van der Waals surface area contributed by atoms with Gasteiger partial charge in [-0.3, -0.25) is 4.68 Å². The maximum atomic E-state index is 11.4. The molecule has 0 aliphatic rings. The summed E-state index contributed by atoms with van der Waals surface area (Å²) in [6.45, 7) is 5.02. The summed E-state index contributed by atoms with van der Waals surface area (Å²) in [4.78, 5) is 11.4. The van der Waals surface area contributed by atoms with Crippen LogP contribution in [0.3, 0.4) is 0 Å². The molecule has 0 saturated carbocycles. The molecule has 1 aromatic heterocycles. The molecular weight excluding hydrogens is 206 g/mol. The fraction of sp³-hybridized carbons (Fsp3) is 0.636. The van der Waals surface area contributed by atoms with Crippen molar-refractivity contribution >= 4 is 11.7 Å². The molecule has 2 N–H and O–H groups in total. The highest BCUT2D eigenvalue weighted by molar-refractivity contribution is 5.92. The number of esters is 1. The van der Waals surface area contributed by atoms with Crippen LogP contribution < -0.4 is 5.73 Å². The summed E-state index contributed by atoms with van der Waals surface area (Å²) in [5, 5.41) is 4.12. The van der Waals surface area contributed by atoms with Crippen LogP contribution in [0.15, 0.2) is 6.20 Å². The second kappa shape index (κ2) is 6.15. The maximum Gasteiger partial charge on any atom is 0.361 e. The zero-order valence-corrected chi connectivity index (χ0v) is 9.90. The van der Waals surface area contributed by atoms with Gasteiger partial charge in [0.25, 0.3) is 0 Å². The first-order valence-electron chi connectivity index (χ1n) is 5.69. The molecule has 1 aromatic rings. The van der Waals surface area contributed by atoms with E-state index in [0.717, 1.165) is 25.8 Å². The number of carbonyl (C=O) groups excluding carboxylic acids is 1. The van der Waals surface area contributed by atoms with Crippen molar-refractivity contribution in [1.29, 1.82) is 0 Å². The van der Waals surface area contributed by atoms with E-state index in [2.05, 4.69) is 12.0 Å². The number of carbonyl (C=O) groups is 1. The molecule has 90 valence electrons. The van der Waals surface area contributed by atoms with E-state index in [1.54, 1.807) is 17.8 Å². The number of nitrogens with two attached hydrogens (primary N) is 1. The summed E-state index contributed by atoms with van der Waals surface area (Å²) in [6.07, 6.45) is 5.03. The van der Waals surface area contributed by atoms with Crippen LogP contribution >= 0.6 is 0 Å². The largest absolute Gasteiger partial charge is 0.461 e. The smallest absolute Gasteiger partial charge is 0.361 e. The minimum atomic E-state index is -0.450. The summed E-state index contributed by atoms with van der Waals surface area (Å²) in [5.74, 6) is -0.450. The molecule has 0 fully saturated rings. The Hall–Kier alpha value is -1.52. The lowest BCUT2D eigenvalue weighted by Gasteiger charge is -1.99. The molecule has 0 bridgehead atoms. The zero-order valence-electron chi connectivity index (χ0n) is 9.90. The van der Waals surface area contributed by atoms with Crippen molar-refractivity contribution in [1.82, 2.24) is 9.78 Å². The van der Waals surface area contributed by atoms with E-state index in [9.17, 15) is 4.79 Å². The molecule has 0 spiro atoms. The fourth-order valence-electron chi connectivity index (χ4n) is 1.43. The summed E-state index contributed by atoms with van der Waals surface area (Å²) < 4.78 is 6.56. The maximum absolute atomic E-state index is 11.4. The molecule has 0 amide bonds. The molecule has 0 aliphatic heterocycles. The van der Waals surface area contributed by atoms with Crippen LogP contribution in [0.1, 0.15) is 43.6 Å². The highest BCUT2D eigenvalue weighted by atomic mass is 16.5. The topological polar surface area (TPSA) is 70.1 Å². The zero-order chi connectivity index (χ0) is 12.0. The first kappa shape index (κ1) is 12.5. The van der Waals surface area contributed by atoms with Gasteiger partial charge in [0.2, 0.25) is 0 Å². The number of unbranched alkanes of at least 4 members (excludes halogenated alkanes) is 2. The number of anilines is 1. The third-order valence-electron chi connectivity index (χ3n) is 2.25. The molecular formula is C11H19N3O2. The lowest BCUT2D eigenvalue weighted by molar-refractivity contribution is 0.0519. The van der Waals surface area contributed by atoms with Crippen molar-refractivity contribution in [3.63, 3.8) is 0 Å². The Morgan fingerprint density at radius 1 is 1.50 bits per heavy atom. The van der Waals surface area contributed by atoms with Gasteiger partial charge in [0, 0.05) is 12.7 Å². The van der Waals surface area contributed by atoms with E-state index in [0.29, 0.717) is 12.3 Å². The second-order valence-corrected chi connectivity index (χ2v) is 3.62. The highest BCUT2D eigenvalue weighted by Gasteiger charge is 2.15. The number of nitrogens with zero attached hydrogens (tertiary/aromatic N) is 2. The van der Waals surface area contributed by atoms with Crippen molar-refractivity contribution in [3.05, 3.63) is 11.9 Å². The lowest BCUT2D eigenvalue weighted by Crippen LogP contribution is -2.08. The molecule has 0 aromatic carbocycles. The number of hydrogen-bond donors (Lipinski definition) is 1. The van der Waals surface area contributed by atoms with Gasteiger partial charge < -0.3 is 10.5 Å². The molecule has 0 radical (unpaired) electrons. The number of rotatable bonds is 6. The summed E-state index contributed by atoms with van der Waals surface area (Å²) >= 11 is 0. The molecule has 5 nitrogen and oxygen atoms in total. The van der Waals surface area contributed by atoms with Crippen LogP contribution in [0, 0.1) is 0 Å². The Kier molecular flexibility index (Phi) is 4.82. The monoisotopic (exact) mass is 225 g/mol. The normalized spacial score (nSPS) is 10.4. The third kappa shape index (κ3) is 3.25. The van der Waals surface area contributed by atoms with Gasteiger partial charge in [0.1, 0.15) is 0 Å². The number of hydrogen-bond acceptors (Lipinski definition) is 4. The standard InChI is InChI=1S/C11H19N3O2/c1-3-5-6-7-14-8-9(12)10(13-14)11(15)16-4-2/h8H,3-7,12H2,1-2H3. The van der Waals surface area contributed by atoms with Gasteiger partial charge in [-0.1, -0.05) is 19.8 Å². The Morgan fingerprint density at radius 3 is 2.88 bits per heavy atom. The van der Waals surface area contributed by atoms with E-state index < -0.39 is 5.97 Å². The Bertz CT molecular complexity index is 347. The van der Waals surface area contributed by atoms with E-state index in [1.807, 2.05) is 0 Å². The van der Waals surface area contributed by atoms with Crippen LogP contribution in [-0.2, 0) is 11.3 Å². The van der Waals surface area contributed by atoms with E-state index >= 15 is 0 Å². The van der Waals surface area contributed by atoms with Gasteiger partial charge >= 0.3 is 5.97 Å². The molecule has 1 heterocycles. The van der Waals surface area contributed by atoms with Crippen LogP contribution in [0.2, 0.25) is 0 Å². The molecule has 0 atom stereocenters. The van der Waals surface area contributed by atoms with Crippen molar-refractivity contribution in [3.8, 4) is 0 Å². The Labute approximate surface area is 95.6 Å². The van der Waals surface area contributed by atoms with Crippen LogP contribution in [-0.4, -0.2) is 22.4 Å². The molecule has 1 rings (SSSR count).